The zero-order chi connectivity index (χ0) is 11.3. The van der Waals surface area contributed by atoms with E-state index in [4.69, 9.17) is 5.73 Å². The van der Waals surface area contributed by atoms with E-state index in [1.807, 2.05) is 0 Å². The van der Waals surface area contributed by atoms with Crippen molar-refractivity contribution in [2.24, 2.45) is 5.73 Å². The molecule has 0 aliphatic rings. The van der Waals surface area contributed by atoms with E-state index in [1.54, 1.807) is 0 Å². The number of halogens is 1. The summed E-state index contributed by atoms with van der Waals surface area (Å²) in [4.78, 5) is 14.8. The maximum Gasteiger partial charge on any atom is 0.305 e. The number of hydrogen-bond acceptors (Lipinski definition) is 4. The first kappa shape index (κ1) is 11.6. The van der Waals surface area contributed by atoms with Crippen LogP contribution in [-0.4, -0.2) is 18.1 Å². The second-order valence-electron chi connectivity index (χ2n) is 3.12. The summed E-state index contributed by atoms with van der Waals surface area (Å²) in [5.74, 6) is -0.713. The summed E-state index contributed by atoms with van der Waals surface area (Å²) in [5.41, 5.74) is 6.17. The summed E-state index contributed by atoms with van der Waals surface area (Å²) in [6.07, 6.45) is 1.95. The number of aromatic nitrogens is 1. The van der Waals surface area contributed by atoms with Crippen LogP contribution < -0.4 is 5.73 Å². The molecule has 1 rings (SSSR count). The lowest BCUT2D eigenvalue weighted by atomic mass is 10.1. The van der Waals surface area contributed by atoms with Gasteiger partial charge < -0.3 is 10.5 Å². The Bertz CT molecular complexity index is 344. The zero-order valence-corrected chi connectivity index (χ0v) is 8.44. The van der Waals surface area contributed by atoms with Crippen LogP contribution in [0, 0.1) is 5.82 Å². The molecule has 15 heavy (non-hydrogen) atoms. The number of nitrogens with zero attached hydrogens (tertiary/aromatic N) is 1. The minimum atomic E-state index is -0.445. The van der Waals surface area contributed by atoms with E-state index in [0.717, 1.165) is 0 Å². The van der Waals surface area contributed by atoms with Crippen LogP contribution in [0.2, 0.25) is 0 Å². The summed E-state index contributed by atoms with van der Waals surface area (Å²) in [7, 11) is 1.31. The van der Waals surface area contributed by atoms with Gasteiger partial charge in [-0.1, -0.05) is 0 Å². The Hall–Kier alpha value is -1.49. The van der Waals surface area contributed by atoms with Crippen molar-refractivity contribution in [1.29, 1.82) is 0 Å². The number of ether oxygens (including phenoxy) is 1. The van der Waals surface area contributed by atoms with Crippen LogP contribution in [-0.2, 0) is 9.53 Å². The van der Waals surface area contributed by atoms with Crippen LogP contribution in [0.15, 0.2) is 18.3 Å². The Kier molecular flexibility index (Phi) is 4.17. The Morgan fingerprint density at radius 1 is 1.73 bits per heavy atom. The third-order valence-electron chi connectivity index (χ3n) is 2.01. The van der Waals surface area contributed by atoms with E-state index in [1.165, 1.54) is 25.4 Å². The number of hydrogen-bond donors (Lipinski definition) is 1. The second-order valence-corrected chi connectivity index (χ2v) is 3.12. The second kappa shape index (κ2) is 5.41. The lowest BCUT2D eigenvalue weighted by Crippen LogP contribution is -2.14. The average molecular weight is 212 g/mol. The molecule has 0 aromatic carbocycles. The van der Waals surface area contributed by atoms with Gasteiger partial charge in [0, 0.05) is 18.7 Å². The van der Waals surface area contributed by atoms with Gasteiger partial charge in [0.1, 0.15) is 5.82 Å². The van der Waals surface area contributed by atoms with Crippen molar-refractivity contribution in [1.82, 2.24) is 4.98 Å². The highest BCUT2D eigenvalue weighted by atomic mass is 19.1. The molecule has 5 heteroatoms. The average Bonchev–Trinajstić information content (AvgIpc) is 2.25. The Labute approximate surface area is 87.3 Å². The zero-order valence-electron chi connectivity index (χ0n) is 8.44. The van der Waals surface area contributed by atoms with Gasteiger partial charge in [0.15, 0.2) is 0 Å². The van der Waals surface area contributed by atoms with Gasteiger partial charge in [-0.3, -0.25) is 9.78 Å². The van der Waals surface area contributed by atoms with E-state index in [0.29, 0.717) is 12.1 Å². The topological polar surface area (TPSA) is 65.2 Å². The van der Waals surface area contributed by atoms with E-state index in [2.05, 4.69) is 9.72 Å². The molecule has 0 saturated carbocycles. The fourth-order valence-electron chi connectivity index (χ4n) is 1.15. The number of rotatable bonds is 4. The molecule has 0 radical (unpaired) electrons. The first-order chi connectivity index (χ1) is 7.13. The minimum absolute atomic E-state index is 0.204. The number of carbonyl (C=O) groups is 1. The Morgan fingerprint density at radius 2 is 2.47 bits per heavy atom. The van der Waals surface area contributed by atoms with Crippen LogP contribution in [0.25, 0.3) is 0 Å². The number of pyridine rings is 1. The minimum Gasteiger partial charge on any atom is -0.469 e. The standard InChI is InChI=1S/C10H13FN2O2/c1-15-10(14)3-2-8(12)9-6-7(11)4-5-13-9/h4-6,8H,2-3,12H2,1H3. The molecule has 1 heterocycles. The molecule has 82 valence electrons. The highest BCUT2D eigenvalue weighted by Gasteiger charge is 2.10. The normalized spacial score (nSPS) is 12.2. The molecule has 0 aliphatic heterocycles. The van der Waals surface area contributed by atoms with Crippen molar-refractivity contribution in [2.45, 2.75) is 18.9 Å². The first-order valence-corrected chi connectivity index (χ1v) is 4.57. The Morgan fingerprint density at radius 3 is 3.07 bits per heavy atom. The van der Waals surface area contributed by atoms with Crippen LogP contribution in [0.5, 0.6) is 0 Å². The van der Waals surface area contributed by atoms with Crippen LogP contribution in [0.3, 0.4) is 0 Å². The predicted octanol–water partition coefficient (Wildman–Crippen LogP) is 1.17. The number of nitrogens with two attached hydrogens (primary N) is 1. The van der Waals surface area contributed by atoms with E-state index in [-0.39, 0.29) is 18.2 Å². The molecule has 1 aromatic heterocycles. The summed E-state index contributed by atoms with van der Waals surface area (Å²) < 4.78 is 17.3. The molecular formula is C10H13FN2O2. The van der Waals surface area contributed by atoms with Gasteiger partial charge in [0.2, 0.25) is 0 Å². The van der Waals surface area contributed by atoms with Crippen molar-refractivity contribution in [3.8, 4) is 0 Å². The molecule has 0 fully saturated rings. The molecule has 0 aliphatic carbocycles. The monoisotopic (exact) mass is 212 g/mol. The van der Waals surface area contributed by atoms with Crippen molar-refractivity contribution in [3.05, 3.63) is 29.8 Å². The van der Waals surface area contributed by atoms with Gasteiger partial charge in [0.25, 0.3) is 0 Å². The molecule has 2 N–H and O–H groups in total. The van der Waals surface area contributed by atoms with Crippen molar-refractivity contribution < 1.29 is 13.9 Å². The first-order valence-electron chi connectivity index (χ1n) is 4.57. The fraction of sp³-hybridized carbons (Fsp3) is 0.400. The lowest BCUT2D eigenvalue weighted by molar-refractivity contribution is -0.140. The molecule has 0 amide bonds. The van der Waals surface area contributed by atoms with Gasteiger partial charge in [-0.05, 0) is 18.6 Å². The van der Waals surface area contributed by atoms with Gasteiger partial charge in [-0.15, -0.1) is 0 Å². The molecule has 1 aromatic rings. The van der Waals surface area contributed by atoms with Gasteiger partial charge in [0.05, 0.1) is 12.8 Å². The smallest absolute Gasteiger partial charge is 0.305 e. The molecular weight excluding hydrogens is 199 g/mol. The summed E-state index contributed by atoms with van der Waals surface area (Å²) in [6.45, 7) is 0. The summed E-state index contributed by atoms with van der Waals surface area (Å²) >= 11 is 0. The third kappa shape index (κ3) is 3.63. The van der Waals surface area contributed by atoms with Crippen molar-refractivity contribution >= 4 is 5.97 Å². The highest BCUT2D eigenvalue weighted by molar-refractivity contribution is 5.69. The van der Waals surface area contributed by atoms with Crippen molar-refractivity contribution in [3.63, 3.8) is 0 Å². The van der Waals surface area contributed by atoms with E-state index < -0.39 is 6.04 Å². The lowest BCUT2D eigenvalue weighted by Gasteiger charge is -2.09. The maximum atomic E-state index is 12.8. The maximum absolute atomic E-state index is 12.8. The summed E-state index contributed by atoms with van der Waals surface area (Å²) in [6, 6.07) is 2.07. The SMILES string of the molecule is COC(=O)CCC(N)c1cc(F)ccn1. The molecule has 4 nitrogen and oxygen atoms in total. The third-order valence-corrected chi connectivity index (χ3v) is 2.01. The molecule has 0 saturated heterocycles. The number of methoxy groups -OCH3 is 1. The van der Waals surface area contributed by atoms with Gasteiger partial charge in [-0.25, -0.2) is 4.39 Å². The molecule has 1 atom stereocenters. The van der Waals surface area contributed by atoms with Crippen LogP contribution in [0.1, 0.15) is 24.6 Å². The van der Waals surface area contributed by atoms with Crippen molar-refractivity contribution in [2.75, 3.05) is 7.11 Å². The molecule has 0 spiro atoms. The van der Waals surface area contributed by atoms with Crippen LogP contribution in [0.4, 0.5) is 4.39 Å². The van der Waals surface area contributed by atoms with Gasteiger partial charge >= 0.3 is 5.97 Å². The van der Waals surface area contributed by atoms with E-state index in [9.17, 15) is 9.18 Å². The molecule has 1 unspecified atom stereocenters. The van der Waals surface area contributed by atoms with Gasteiger partial charge in [-0.2, -0.15) is 0 Å². The van der Waals surface area contributed by atoms with E-state index >= 15 is 0 Å². The number of esters is 1. The molecule has 0 bridgehead atoms. The largest absolute Gasteiger partial charge is 0.469 e. The summed E-state index contributed by atoms with van der Waals surface area (Å²) in [5, 5.41) is 0. The predicted molar refractivity (Wildman–Crippen MR) is 52.4 cm³/mol. The number of carbonyl (C=O) groups excluding carboxylic acids is 1. The fourth-order valence-corrected chi connectivity index (χ4v) is 1.15. The van der Waals surface area contributed by atoms with Crippen LogP contribution >= 0.6 is 0 Å². The Balaban J connectivity index is 2.53. The highest BCUT2D eigenvalue weighted by Crippen LogP contribution is 2.14. The quantitative estimate of drug-likeness (QED) is 0.761.